The summed E-state index contributed by atoms with van der Waals surface area (Å²) in [5.41, 5.74) is 4.98. The van der Waals surface area contributed by atoms with E-state index in [2.05, 4.69) is 174 Å². The molecular weight excluding hydrogens is 1840 g/mol. The molecule has 0 aliphatic carbocycles. The molecule has 150 heavy (non-hydrogen) atoms. The smallest absolute Gasteiger partial charge is 0.194 e. The number of benzene rings is 7. The van der Waals surface area contributed by atoms with Crippen LogP contribution in [-0.4, -0.2) is 39.6 Å². The van der Waals surface area contributed by atoms with Gasteiger partial charge >= 0.3 is 0 Å². The molecule has 0 saturated carbocycles. The van der Waals surface area contributed by atoms with E-state index in [0.717, 1.165) is 145 Å². The Morgan fingerprint density at radius 1 is 0.147 bits per heavy atom. The zero-order chi connectivity index (χ0) is 106. The maximum atomic E-state index is 16.8. The van der Waals surface area contributed by atoms with Gasteiger partial charge in [-0.2, -0.15) is 0 Å². The van der Waals surface area contributed by atoms with Crippen LogP contribution in [0.2, 0.25) is 0 Å². The zero-order valence-corrected chi connectivity index (χ0v) is 98.2. The molecule has 10 aromatic rings. The van der Waals surface area contributed by atoms with E-state index in [-0.39, 0.29) is 16.3 Å². The van der Waals surface area contributed by atoms with Crippen molar-refractivity contribution in [3.63, 3.8) is 0 Å². The highest BCUT2D eigenvalue weighted by atomic mass is 16.5. The van der Waals surface area contributed by atoms with Gasteiger partial charge in [-0.1, -0.05) is 487 Å². The van der Waals surface area contributed by atoms with Gasteiger partial charge in [0.1, 0.15) is 34.5 Å². The van der Waals surface area contributed by atoms with Crippen molar-refractivity contribution in [1.29, 1.82) is 0 Å². The molecule has 0 bridgehead atoms. The number of hydrogen-bond acceptors (Lipinski definition) is 9. The Labute approximate surface area is 915 Å². The second-order valence-electron chi connectivity index (χ2n) is 47.1. The highest BCUT2D eigenvalue weighted by molar-refractivity contribution is 6.43. The van der Waals surface area contributed by atoms with Gasteiger partial charge in [0.05, 0.1) is 39.6 Å². The first-order chi connectivity index (χ1) is 73.8. The zero-order valence-electron chi connectivity index (χ0n) is 98.2. The summed E-state index contributed by atoms with van der Waals surface area (Å²) in [5.74, 6) is 7.33. The molecule has 10 rings (SSSR count). The molecule has 0 amide bonds. The minimum atomic E-state index is -0.177. The first kappa shape index (κ1) is 124. The van der Waals surface area contributed by atoms with Crippen molar-refractivity contribution in [2.24, 2.45) is 35.5 Å². The molecule has 10 aromatic carbocycles. The van der Waals surface area contributed by atoms with Gasteiger partial charge in [-0.05, 0) is 235 Å². The Morgan fingerprint density at radius 2 is 0.287 bits per heavy atom. The summed E-state index contributed by atoms with van der Waals surface area (Å²) in [4.78, 5) is 50.3. The molecule has 0 N–H and O–H groups in total. The Hall–Kier alpha value is -7.65. The van der Waals surface area contributed by atoms with Crippen LogP contribution in [0.4, 0.5) is 0 Å². The minimum Gasteiger partial charge on any atom is -0.493 e. The molecule has 6 unspecified atom stereocenters. The predicted molar refractivity (Wildman–Crippen MR) is 655 cm³/mol. The molecule has 0 heterocycles. The van der Waals surface area contributed by atoms with Crippen molar-refractivity contribution < 1.29 is 28.4 Å². The first-order valence-electron chi connectivity index (χ1n) is 64.3. The van der Waals surface area contributed by atoms with E-state index in [1.807, 2.05) is 18.2 Å². The maximum absolute atomic E-state index is 16.8. The Kier molecular flexibility index (Phi) is 61.6. The molecule has 0 aromatic heterocycles. The number of hydrogen-bond donors (Lipinski definition) is 0. The summed E-state index contributed by atoms with van der Waals surface area (Å²) in [7, 11) is 0. The number of rotatable bonds is 93. The predicted octanol–water partition coefficient (Wildman–Crippen LogP) is 44.3. The van der Waals surface area contributed by atoms with Gasteiger partial charge in [0, 0.05) is 66.7 Å². The monoisotopic (exact) mass is 2050 g/mol. The van der Waals surface area contributed by atoms with Crippen molar-refractivity contribution in [2.45, 2.75) is 545 Å². The van der Waals surface area contributed by atoms with Gasteiger partial charge in [0.15, 0.2) is 16.3 Å². The van der Waals surface area contributed by atoms with E-state index >= 15 is 14.4 Å². The third kappa shape index (κ3) is 42.5. The molecule has 9 nitrogen and oxygen atoms in total. The Bertz CT molecular complexity index is 4710. The van der Waals surface area contributed by atoms with E-state index in [1.54, 1.807) is 0 Å². The first-order valence-corrected chi connectivity index (χ1v) is 64.3. The molecule has 9 heteroatoms. The van der Waals surface area contributed by atoms with Gasteiger partial charge in [-0.25, -0.2) is 0 Å². The summed E-state index contributed by atoms with van der Waals surface area (Å²) in [5, 5.41) is 6.77. The van der Waals surface area contributed by atoms with Crippen molar-refractivity contribution >= 4 is 64.6 Å². The van der Waals surface area contributed by atoms with Crippen LogP contribution in [0.15, 0.2) is 124 Å². The molecular formula is C141H216O9. The lowest BCUT2D eigenvalue weighted by molar-refractivity contribution is 0.214. The topological polar surface area (TPSA) is 107 Å². The summed E-state index contributed by atoms with van der Waals surface area (Å²) < 4.78 is 43.4. The molecule has 0 aliphatic rings. The van der Waals surface area contributed by atoms with E-state index in [4.69, 9.17) is 28.4 Å². The lowest BCUT2D eigenvalue weighted by Crippen LogP contribution is -2.14. The average Bonchev–Trinajstić information content (AvgIpc) is 1.51. The summed E-state index contributed by atoms with van der Waals surface area (Å²) >= 11 is 0. The van der Waals surface area contributed by atoms with Crippen LogP contribution in [0.1, 0.15) is 545 Å². The molecule has 6 atom stereocenters. The summed E-state index contributed by atoms with van der Waals surface area (Å²) in [6.07, 6.45) is 89.0. The minimum absolute atomic E-state index is 0.177. The van der Waals surface area contributed by atoms with Crippen LogP contribution in [0.25, 0.3) is 98.0 Å². The summed E-state index contributed by atoms with van der Waals surface area (Å²) in [6, 6.07) is 38.7. The fourth-order valence-corrected chi connectivity index (χ4v) is 24.3. The lowest BCUT2D eigenvalue weighted by Gasteiger charge is -2.21. The highest BCUT2D eigenvalue weighted by Gasteiger charge is 2.30. The van der Waals surface area contributed by atoms with E-state index < -0.39 is 0 Å². The van der Waals surface area contributed by atoms with Crippen molar-refractivity contribution in [3.05, 3.63) is 140 Å². The molecule has 0 saturated heterocycles. The average molecular weight is 2060 g/mol. The third-order valence-corrected chi connectivity index (χ3v) is 33.9. The molecule has 0 radical (unpaired) electrons. The van der Waals surface area contributed by atoms with Crippen LogP contribution in [0.5, 0.6) is 34.5 Å². The van der Waals surface area contributed by atoms with Crippen LogP contribution < -0.4 is 44.7 Å². The molecule has 834 valence electrons. The van der Waals surface area contributed by atoms with Gasteiger partial charge in [-0.15, -0.1) is 0 Å². The quantitative estimate of drug-likeness (QED) is 0.0345. The Morgan fingerprint density at radius 3 is 0.440 bits per heavy atom. The van der Waals surface area contributed by atoms with E-state index in [0.29, 0.717) is 140 Å². The maximum Gasteiger partial charge on any atom is 0.194 e. The Balaban J connectivity index is 1.21. The van der Waals surface area contributed by atoms with Crippen molar-refractivity contribution in [3.8, 4) is 67.9 Å². The molecule has 0 spiro atoms. The van der Waals surface area contributed by atoms with Crippen LogP contribution in [0.3, 0.4) is 0 Å². The second kappa shape index (κ2) is 74.5. The van der Waals surface area contributed by atoms with Gasteiger partial charge in [-0.3, -0.25) is 14.4 Å². The largest absolute Gasteiger partial charge is 0.493 e. The van der Waals surface area contributed by atoms with Crippen LogP contribution in [0, 0.1) is 35.5 Å². The number of unbranched alkanes of at least 4 members (excludes halogenated alkanes) is 48. The van der Waals surface area contributed by atoms with E-state index in [1.165, 1.54) is 385 Å². The second-order valence-corrected chi connectivity index (χ2v) is 47.1. The summed E-state index contributed by atoms with van der Waals surface area (Å²) in [6.45, 7) is 31.5. The number of ether oxygens (including phenoxy) is 6. The van der Waals surface area contributed by atoms with E-state index in [9.17, 15) is 0 Å². The van der Waals surface area contributed by atoms with Gasteiger partial charge in [0.2, 0.25) is 0 Å². The highest BCUT2D eigenvalue weighted by Crippen LogP contribution is 2.48. The lowest BCUT2D eigenvalue weighted by atomic mass is 9.94. The van der Waals surface area contributed by atoms with Crippen LogP contribution >= 0.6 is 0 Å². The normalized spacial score (nSPS) is 13.2. The molecule has 0 aliphatic heterocycles. The fourth-order valence-electron chi connectivity index (χ4n) is 24.3. The molecule has 0 fully saturated rings. The van der Waals surface area contributed by atoms with Crippen LogP contribution in [-0.2, 0) is 0 Å². The van der Waals surface area contributed by atoms with Gasteiger partial charge < -0.3 is 28.4 Å². The third-order valence-electron chi connectivity index (χ3n) is 33.9. The van der Waals surface area contributed by atoms with Crippen molar-refractivity contribution in [1.82, 2.24) is 0 Å². The van der Waals surface area contributed by atoms with Crippen molar-refractivity contribution in [2.75, 3.05) is 39.6 Å². The fraction of sp³-hybridized carbons (Fsp3) is 0.681. The van der Waals surface area contributed by atoms with Gasteiger partial charge in [0.25, 0.3) is 0 Å². The number of fused-ring (bicyclic) bond motifs is 12. The standard InChI is InChI=1S/C141H216O9/c1-13-25-37-49-55-67-79-109(73-61-43-31-19-7)103-145-121-91-118(92-122(100-121)146-104-110(74-62-44-32-20-8)80-68-56-50-38-26-14-2)115-85-88-127-130(97-115)133-136(139(127)142)134-132-99-117(120-95-125(149-107-113(77-65-47-35-23-11)83-71-59-53-41-29-17-5)102-126(96-120)150-108-114(78-66-48-36-24-12)84-72-60-54-42-30-18-6)87-90-129(132)141(144)138(134)135-131-98-116(86-89-128(131)140(143)137(133)135)119-93-123(147-105-111(75-63-45-33-21-9)81-69-57-51-39-27-15-3)101-124(94-119)148-106-112(76-64-46-34-22-10)82-70-58-52-40-28-16-4/h85-102,109-114H,13-84,103-108H2,1-12H3. The SMILES string of the molecule is CCCCCCCCC(CCCCCC)COc1cc(OCC(CCCCCC)CCCCCCCC)cc(-c2ccc3c(=O)c4c(c3c2)c2c(=O)c3ccc(-c5cc(OCC(CCCCCC)CCCCCCCC)cc(OCC(CCCCCC)CCCCCCCC)c5)cc3c2c2c(=O)c3ccc(-c5cc(OCC(CCCCCC)CCCCCCCC)cc(OCC(CCCCCC)CCCCCCCC)c5)cc3c42)c1.